The van der Waals surface area contributed by atoms with Crippen LogP contribution in [0.3, 0.4) is 0 Å². The molecule has 12 heavy (non-hydrogen) atoms. The van der Waals surface area contributed by atoms with Gasteiger partial charge in [-0.3, -0.25) is 9.00 Å². The number of aliphatic hydroxyl groups excluding tert-OH is 1. The average Bonchev–Trinajstić information content (AvgIpc) is 2.49. The van der Waals surface area contributed by atoms with Gasteiger partial charge in [0.05, 0.1) is 5.88 Å². The van der Waals surface area contributed by atoms with Gasteiger partial charge in [0, 0.05) is 30.2 Å². The van der Waals surface area contributed by atoms with Crippen molar-refractivity contribution in [3.8, 4) is 0 Å². The van der Waals surface area contributed by atoms with Crippen LogP contribution in [0.25, 0.3) is 0 Å². The molecular weight excluding hydrogens is 182 g/mol. The molecule has 0 saturated carbocycles. The van der Waals surface area contributed by atoms with Gasteiger partial charge in [-0.05, 0) is 0 Å². The lowest BCUT2D eigenvalue weighted by atomic mass is 10.5. The molecular formula is C6H11NO4S. The lowest BCUT2D eigenvalue weighted by molar-refractivity contribution is -0.162. The third kappa shape index (κ3) is 2.02. The summed E-state index contributed by atoms with van der Waals surface area (Å²) in [5.41, 5.74) is 0. The van der Waals surface area contributed by atoms with Crippen molar-refractivity contribution in [2.75, 3.05) is 25.3 Å². The Bertz CT molecular complexity index is 208. The molecule has 1 heterocycles. The van der Waals surface area contributed by atoms with E-state index in [0.29, 0.717) is 12.3 Å². The van der Waals surface area contributed by atoms with Crippen molar-refractivity contribution in [3.05, 3.63) is 0 Å². The molecule has 70 valence electrons. The molecule has 0 bridgehead atoms. The van der Waals surface area contributed by atoms with Crippen LogP contribution in [0, 0.1) is 0 Å². The highest BCUT2D eigenvalue weighted by Gasteiger charge is 2.27. The molecule has 0 aromatic heterocycles. The smallest absolute Gasteiger partial charge is 0.280 e. The molecule has 0 aliphatic carbocycles. The van der Waals surface area contributed by atoms with E-state index in [2.05, 4.69) is 4.74 Å². The number of hydrogen-bond acceptors (Lipinski definition) is 4. The molecule has 1 aliphatic heterocycles. The first-order valence-corrected chi connectivity index (χ1v) is 4.98. The largest absolute Gasteiger partial charge is 0.361 e. The molecule has 1 rings (SSSR count). The van der Waals surface area contributed by atoms with E-state index < -0.39 is 23.0 Å². The number of amides is 1. The Morgan fingerprint density at radius 3 is 2.83 bits per heavy atom. The average molecular weight is 193 g/mol. The first kappa shape index (κ1) is 9.63. The second-order valence-corrected chi connectivity index (χ2v) is 4.01. The van der Waals surface area contributed by atoms with Crippen LogP contribution in [0.2, 0.25) is 0 Å². The van der Waals surface area contributed by atoms with Crippen LogP contribution < -0.4 is 0 Å². The van der Waals surface area contributed by atoms with Gasteiger partial charge < -0.3 is 14.7 Å². The maximum absolute atomic E-state index is 11.1. The van der Waals surface area contributed by atoms with Crippen molar-refractivity contribution in [2.45, 2.75) is 6.29 Å². The molecule has 1 N–H and O–H groups in total. The van der Waals surface area contributed by atoms with Crippen LogP contribution in [0.1, 0.15) is 0 Å². The summed E-state index contributed by atoms with van der Waals surface area (Å²) in [4.78, 5) is 12.5. The number of hydrogen-bond donors (Lipinski definition) is 1. The fourth-order valence-electron chi connectivity index (χ4n) is 0.946. The number of methoxy groups -OCH3 is 1. The zero-order valence-corrected chi connectivity index (χ0v) is 7.54. The highest BCUT2D eigenvalue weighted by atomic mass is 32.2. The summed E-state index contributed by atoms with van der Waals surface area (Å²) in [5, 5.41) is 8.96. The van der Waals surface area contributed by atoms with Crippen molar-refractivity contribution in [1.82, 2.24) is 4.90 Å². The molecule has 0 radical (unpaired) electrons. The van der Waals surface area contributed by atoms with E-state index in [9.17, 15) is 9.00 Å². The minimum Gasteiger partial charge on any atom is -0.361 e. The SMILES string of the molecule is COC(O)C(=O)N1CCS(=O)C1. The summed E-state index contributed by atoms with van der Waals surface area (Å²) in [5.74, 6) is 0.185. The van der Waals surface area contributed by atoms with E-state index in [0.717, 1.165) is 0 Å². The number of aliphatic hydroxyl groups is 1. The number of nitrogens with zero attached hydrogens (tertiary/aromatic N) is 1. The summed E-state index contributed by atoms with van der Waals surface area (Å²) in [6.45, 7) is 0.436. The minimum atomic E-state index is -1.42. The number of carbonyl (C=O) groups excluding carboxylic acids is 1. The third-order valence-corrected chi connectivity index (χ3v) is 2.87. The van der Waals surface area contributed by atoms with E-state index in [-0.39, 0.29) is 5.88 Å². The maximum Gasteiger partial charge on any atom is 0.280 e. The van der Waals surface area contributed by atoms with Gasteiger partial charge in [-0.1, -0.05) is 0 Å². The van der Waals surface area contributed by atoms with E-state index in [1.807, 2.05) is 0 Å². The third-order valence-electron chi connectivity index (χ3n) is 1.63. The highest BCUT2D eigenvalue weighted by molar-refractivity contribution is 7.85. The Morgan fingerprint density at radius 1 is 1.75 bits per heavy atom. The normalized spacial score (nSPS) is 25.8. The Labute approximate surface area is 72.8 Å². The molecule has 0 aromatic rings. The fraction of sp³-hybridized carbons (Fsp3) is 0.833. The zero-order valence-electron chi connectivity index (χ0n) is 6.73. The van der Waals surface area contributed by atoms with E-state index >= 15 is 0 Å². The number of rotatable bonds is 2. The fourth-order valence-corrected chi connectivity index (χ4v) is 2.10. The topological polar surface area (TPSA) is 66.8 Å². The summed E-state index contributed by atoms with van der Waals surface area (Å²) in [7, 11) is 0.292. The molecule has 1 saturated heterocycles. The second kappa shape index (κ2) is 3.97. The molecule has 1 aliphatic rings. The Hall–Kier alpha value is -0.460. The Balaban J connectivity index is 2.48. The van der Waals surface area contributed by atoms with E-state index in [4.69, 9.17) is 5.11 Å². The monoisotopic (exact) mass is 193 g/mol. The van der Waals surface area contributed by atoms with Gasteiger partial charge in [-0.2, -0.15) is 0 Å². The molecule has 2 unspecified atom stereocenters. The van der Waals surface area contributed by atoms with Crippen LogP contribution in [0.5, 0.6) is 0 Å². The van der Waals surface area contributed by atoms with Gasteiger partial charge in [0.15, 0.2) is 0 Å². The van der Waals surface area contributed by atoms with Crippen molar-refractivity contribution in [1.29, 1.82) is 0 Å². The molecule has 0 aromatic carbocycles. The molecule has 0 spiro atoms. The van der Waals surface area contributed by atoms with Crippen molar-refractivity contribution < 1.29 is 18.8 Å². The van der Waals surface area contributed by atoms with Gasteiger partial charge in [0.25, 0.3) is 5.91 Å². The van der Waals surface area contributed by atoms with Crippen LogP contribution in [0.15, 0.2) is 0 Å². The lowest BCUT2D eigenvalue weighted by Gasteiger charge is -2.16. The Kier molecular flexibility index (Phi) is 3.19. The molecule has 6 heteroatoms. The summed E-state index contributed by atoms with van der Waals surface area (Å²) in [6, 6.07) is 0. The number of carbonyl (C=O) groups is 1. The first-order valence-electron chi connectivity index (χ1n) is 3.50. The van der Waals surface area contributed by atoms with Crippen molar-refractivity contribution >= 4 is 16.7 Å². The van der Waals surface area contributed by atoms with Crippen LogP contribution in [-0.2, 0) is 20.3 Å². The summed E-state index contributed by atoms with van der Waals surface area (Å²) >= 11 is 0. The highest BCUT2D eigenvalue weighted by Crippen LogP contribution is 2.05. The van der Waals surface area contributed by atoms with Gasteiger partial charge in [0.2, 0.25) is 6.29 Å². The Morgan fingerprint density at radius 2 is 2.42 bits per heavy atom. The lowest BCUT2D eigenvalue weighted by Crippen LogP contribution is -2.38. The summed E-state index contributed by atoms with van der Waals surface area (Å²) < 4.78 is 15.3. The second-order valence-electron chi connectivity index (χ2n) is 2.46. The van der Waals surface area contributed by atoms with E-state index in [1.165, 1.54) is 12.0 Å². The van der Waals surface area contributed by atoms with Crippen molar-refractivity contribution in [2.24, 2.45) is 0 Å². The maximum atomic E-state index is 11.1. The van der Waals surface area contributed by atoms with Gasteiger partial charge in [-0.25, -0.2) is 0 Å². The van der Waals surface area contributed by atoms with Gasteiger partial charge in [-0.15, -0.1) is 0 Å². The van der Waals surface area contributed by atoms with E-state index in [1.54, 1.807) is 0 Å². The molecule has 1 fully saturated rings. The number of ether oxygens (including phenoxy) is 1. The summed E-state index contributed by atoms with van der Waals surface area (Å²) in [6.07, 6.45) is -1.42. The van der Waals surface area contributed by atoms with Crippen LogP contribution in [-0.4, -0.2) is 51.7 Å². The zero-order chi connectivity index (χ0) is 9.14. The standard InChI is InChI=1S/C6H11NO4S/c1-11-6(9)5(8)7-2-3-12(10)4-7/h6,9H,2-4H2,1H3. The van der Waals surface area contributed by atoms with Gasteiger partial charge >= 0.3 is 0 Å². The quantitative estimate of drug-likeness (QED) is 0.542. The minimum absolute atomic E-state index is 0.208. The van der Waals surface area contributed by atoms with Crippen molar-refractivity contribution in [3.63, 3.8) is 0 Å². The predicted molar refractivity (Wildman–Crippen MR) is 42.6 cm³/mol. The van der Waals surface area contributed by atoms with Crippen LogP contribution >= 0.6 is 0 Å². The molecule has 1 amide bonds. The van der Waals surface area contributed by atoms with Crippen LogP contribution in [0.4, 0.5) is 0 Å². The van der Waals surface area contributed by atoms with Gasteiger partial charge in [0.1, 0.15) is 0 Å². The molecule has 5 nitrogen and oxygen atoms in total. The first-order chi connectivity index (χ1) is 5.65. The molecule has 2 atom stereocenters. The predicted octanol–water partition coefficient (Wildman–Crippen LogP) is -1.50.